The van der Waals surface area contributed by atoms with Gasteiger partial charge in [-0.2, -0.15) is 4.98 Å². The lowest BCUT2D eigenvalue weighted by atomic mass is 10.2. The Bertz CT molecular complexity index is 546. The molecule has 1 fully saturated rings. The van der Waals surface area contributed by atoms with Gasteiger partial charge in [0.05, 0.1) is 6.10 Å². The highest BCUT2D eigenvalue weighted by Gasteiger charge is 2.20. The second-order valence-electron chi connectivity index (χ2n) is 4.74. The molecule has 1 atom stereocenters. The van der Waals surface area contributed by atoms with Crippen LogP contribution in [0.2, 0.25) is 0 Å². The van der Waals surface area contributed by atoms with Crippen molar-refractivity contribution in [3.63, 3.8) is 0 Å². The first-order valence-corrected chi connectivity index (χ1v) is 6.21. The van der Waals surface area contributed by atoms with Crippen LogP contribution in [-0.4, -0.2) is 31.3 Å². The van der Waals surface area contributed by atoms with Gasteiger partial charge in [0.1, 0.15) is 5.52 Å². The van der Waals surface area contributed by atoms with Gasteiger partial charge in [-0.05, 0) is 25.0 Å². The lowest BCUT2D eigenvalue weighted by Crippen LogP contribution is -2.28. The number of hydrogen-bond acceptors (Lipinski definition) is 5. The molecule has 1 aromatic heterocycles. The summed E-state index contributed by atoms with van der Waals surface area (Å²) in [7, 11) is 1.97. The van der Waals surface area contributed by atoms with Gasteiger partial charge in [0, 0.05) is 32.0 Å². The molecular weight excluding hydrogens is 230 g/mol. The Morgan fingerprint density at radius 3 is 3.17 bits per heavy atom. The van der Waals surface area contributed by atoms with Crippen molar-refractivity contribution >= 4 is 22.8 Å². The maximum Gasteiger partial charge on any atom is 0.298 e. The number of nitrogens with two attached hydrogens (primary N) is 1. The average Bonchev–Trinajstić information content (AvgIpc) is 2.96. The van der Waals surface area contributed by atoms with Gasteiger partial charge in [-0.1, -0.05) is 0 Å². The first-order valence-electron chi connectivity index (χ1n) is 6.21. The molecule has 0 aliphatic carbocycles. The summed E-state index contributed by atoms with van der Waals surface area (Å²) in [5.74, 6) is 0. The predicted molar refractivity (Wildman–Crippen MR) is 70.7 cm³/mol. The van der Waals surface area contributed by atoms with E-state index in [9.17, 15) is 0 Å². The summed E-state index contributed by atoms with van der Waals surface area (Å²) >= 11 is 0. The molecule has 2 heterocycles. The highest BCUT2D eigenvalue weighted by Crippen LogP contribution is 2.24. The van der Waals surface area contributed by atoms with Gasteiger partial charge in [-0.3, -0.25) is 0 Å². The smallest absolute Gasteiger partial charge is 0.298 e. The Morgan fingerprint density at radius 1 is 1.50 bits per heavy atom. The SMILES string of the molecule is CN(CC1CCCO1)c1nc2ccc(N)cc2o1. The van der Waals surface area contributed by atoms with Gasteiger partial charge in [0.25, 0.3) is 6.01 Å². The number of rotatable bonds is 3. The fourth-order valence-corrected chi connectivity index (χ4v) is 2.26. The average molecular weight is 247 g/mol. The minimum Gasteiger partial charge on any atom is -0.423 e. The Labute approximate surface area is 106 Å². The second kappa shape index (κ2) is 4.49. The molecule has 18 heavy (non-hydrogen) atoms. The zero-order valence-corrected chi connectivity index (χ0v) is 10.4. The molecule has 1 aromatic carbocycles. The Balaban J connectivity index is 1.80. The molecule has 1 saturated heterocycles. The summed E-state index contributed by atoms with van der Waals surface area (Å²) in [6.45, 7) is 1.67. The Hall–Kier alpha value is -1.75. The summed E-state index contributed by atoms with van der Waals surface area (Å²) < 4.78 is 11.3. The van der Waals surface area contributed by atoms with Crippen molar-refractivity contribution in [2.75, 3.05) is 30.8 Å². The number of nitrogen functional groups attached to an aromatic ring is 1. The number of anilines is 2. The van der Waals surface area contributed by atoms with Crippen molar-refractivity contribution in [1.29, 1.82) is 0 Å². The largest absolute Gasteiger partial charge is 0.423 e. The normalized spacial score (nSPS) is 19.5. The van der Waals surface area contributed by atoms with Crippen molar-refractivity contribution < 1.29 is 9.15 Å². The van der Waals surface area contributed by atoms with Crippen LogP contribution in [0.4, 0.5) is 11.7 Å². The lowest BCUT2D eigenvalue weighted by molar-refractivity contribution is 0.115. The molecule has 5 nitrogen and oxygen atoms in total. The molecule has 96 valence electrons. The topological polar surface area (TPSA) is 64.5 Å². The van der Waals surface area contributed by atoms with Crippen molar-refractivity contribution in [2.45, 2.75) is 18.9 Å². The van der Waals surface area contributed by atoms with Crippen molar-refractivity contribution in [2.24, 2.45) is 0 Å². The fraction of sp³-hybridized carbons (Fsp3) is 0.462. The quantitative estimate of drug-likeness (QED) is 0.841. The molecule has 0 saturated carbocycles. The lowest BCUT2D eigenvalue weighted by Gasteiger charge is -2.18. The maximum absolute atomic E-state index is 5.72. The van der Waals surface area contributed by atoms with Crippen LogP contribution in [0, 0.1) is 0 Å². The molecule has 1 unspecified atom stereocenters. The molecule has 5 heteroatoms. The van der Waals surface area contributed by atoms with Gasteiger partial charge in [0.15, 0.2) is 5.58 Å². The predicted octanol–water partition coefficient (Wildman–Crippen LogP) is 2.03. The Kier molecular flexibility index (Phi) is 2.83. The van der Waals surface area contributed by atoms with Gasteiger partial charge in [-0.15, -0.1) is 0 Å². The van der Waals surface area contributed by atoms with E-state index in [1.165, 1.54) is 0 Å². The fourth-order valence-electron chi connectivity index (χ4n) is 2.26. The number of hydrogen-bond donors (Lipinski definition) is 1. The summed E-state index contributed by atoms with van der Waals surface area (Å²) in [6, 6.07) is 6.11. The van der Waals surface area contributed by atoms with E-state index in [0.29, 0.717) is 11.7 Å². The molecule has 0 bridgehead atoms. The van der Waals surface area contributed by atoms with E-state index < -0.39 is 0 Å². The zero-order chi connectivity index (χ0) is 12.5. The molecule has 1 aliphatic rings. The van der Waals surface area contributed by atoms with E-state index in [1.54, 1.807) is 6.07 Å². The summed E-state index contributed by atoms with van der Waals surface area (Å²) in [5, 5.41) is 0. The molecule has 1 aliphatic heterocycles. The first kappa shape index (κ1) is 11.3. The third-order valence-electron chi connectivity index (χ3n) is 3.23. The highest BCUT2D eigenvalue weighted by molar-refractivity contribution is 5.78. The van der Waals surface area contributed by atoms with E-state index in [2.05, 4.69) is 4.98 Å². The van der Waals surface area contributed by atoms with Crippen molar-refractivity contribution in [3.05, 3.63) is 18.2 Å². The van der Waals surface area contributed by atoms with E-state index in [-0.39, 0.29) is 6.10 Å². The van der Waals surface area contributed by atoms with Crippen LogP contribution in [-0.2, 0) is 4.74 Å². The summed E-state index contributed by atoms with van der Waals surface area (Å²) in [6.07, 6.45) is 2.54. The number of fused-ring (bicyclic) bond motifs is 1. The second-order valence-corrected chi connectivity index (χ2v) is 4.74. The van der Waals surface area contributed by atoms with E-state index >= 15 is 0 Å². The summed E-state index contributed by atoms with van der Waals surface area (Å²) in [4.78, 5) is 6.44. The molecule has 0 radical (unpaired) electrons. The third-order valence-corrected chi connectivity index (χ3v) is 3.23. The van der Waals surface area contributed by atoms with Crippen LogP contribution in [0.25, 0.3) is 11.1 Å². The monoisotopic (exact) mass is 247 g/mol. The molecule has 3 rings (SSSR count). The van der Waals surface area contributed by atoms with E-state index in [1.807, 2.05) is 24.1 Å². The van der Waals surface area contributed by atoms with Crippen LogP contribution in [0.15, 0.2) is 22.6 Å². The number of likely N-dealkylation sites (N-methyl/N-ethyl adjacent to an activating group) is 1. The number of benzene rings is 1. The van der Waals surface area contributed by atoms with Crippen LogP contribution < -0.4 is 10.6 Å². The maximum atomic E-state index is 5.72. The van der Waals surface area contributed by atoms with Gasteiger partial charge in [-0.25, -0.2) is 0 Å². The van der Waals surface area contributed by atoms with Crippen LogP contribution in [0.1, 0.15) is 12.8 Å². The van der Waals surface area contributed by atoms with Crippen molar-refractivity contribution in [1.82, 2.24) is 4.98 Å². The standard InChI is InChI=1S/C13H17N3O2/c1-16(8-10-3-2-6-17-10)13-15-11-5-4-9(14)7-12(11)18-13/h4-5,7,10H,2-3,6,8,14H2,1H3. The first-order chi connectivity index (χ1) is 8.72. The Morgan fingerprint density at radius 2 is 2.39 bits per heavy atom. The molecule has 0 spiro atoms. The van der Waals surface area contributed by atoms with Gasteiger partial charge >= 0.3 is 0 Å². The van der Waals surface area contributed by atoms with Crippen molar-refractivity contribution in [3.8, 4) is 0 Å². The number of ether oxygens (including phenoxy) is 1. The van der Waals surface area contributed by atoms with Crippen LogP contribution in [0.3, 0.4) is 0 Å². The highest BCUT2D eigenvalue weighted by atomic mass is 16.5. The molecule has 0 amide bonds. The molecular formula is C13H17N3O2. The molecule has 2 aromatic rings. The zero-order valence-electron chi connectivity index (χ0n) is 10.4. The molecule has 2 N–H and O–H groups in total. The van der Waals surface area contributed by atoms with Crippen LogP contribution >= 0.6 is 0 Å². The van der Waals surface area contributed by atoms with Crippen LogP contribution in [0.5, 0.6) is 0 Å². The minimum atomic E-state index is 0.287. The third kappa shape index (κ3) is 2.13. The number of oxazole rings is 1. The van der Waals surface area contributed by atoms with Gasteiger partial charge < -0.3 is 19.8 Å². The summed E-state index contributed by atoms with van der Waals surface area (Å²) in [5.41, 5.74) is 7.96. The van der Waals surface area contributed by atoms with E-state index in [4.69, 9.17) is 14.9 Å². The minimum absolute atomic E-state index is 0.287. The number of nitrogens with zero attached hydrogens (tertiary/aromatic N) is 2. The van der Waals surface area contributed by atoms with Gasteiger partial charge in [0.2, 0.25) is 0 Å². The van der Waals surface area contributed by atoms with E-state index in [0.717, 1.165) is 37.1 Å². The number of aromatic nitrogens is 1.